The number of para-hydroxylation sites is 2. The second-order valence-corrected chi connectivity index (χ2v) is 7.37. The Balaban J connectivity index is 1.63. The largest absolute Gasteiger partial charge is 0.495 e. The minimum Gasteiger partial charge on any atom is -0.495 e. The number of piperidine rings is 1. The van der Waals surface area contributed by atoms with Crippen molar-refractivity contribution < 1.29 is 9.84 Å². The normalized spacial score (nSPS) is 22.5. The Kier molecular flexibility index (Phi) is 6.25. The van der Waals surface area contributed by atoms with Crippen LogP contribution in [0.3, 0.4) is 0 Å². The number of aliphatic imine (C=N–C) groups is 1. The highest BCUT2D eigenvalue weighted by Crippen LogP contribution is 2.32. The first-order valence-electron chi connectivity index (χ1n) is 9.79. The molecule has 26 heavy (non-hydrogen) atoms. The summed E-state index contributed by atoms with van der Waals surface area (Å²) < 4.78 is 5.52. The zero-order valence-corrected chi connectivity index (χ0v) is 16.0. The molecule has 0 amide bonds. The maximum absolute atomic E-state index is 10.3. The van der Waals surface area contributed by atoms with Gasteiger partial charge in [0.05, 0.1) is 24.9 Å². The number of nitrogens with zero attached hydrogens (tertiary/aromatic N) is 2. The van der Waals surface area contributed by atoms with Gasteiger partial charge in [0.15, 0.2) is 5.96 Å². The smallest absolute Gasteiger partial charge is 0.191 e. The first-order chi connectivity index (χ1) is 12.6. The van der Waals surface area contributed by atoms with Crippen molar-refractivity contribution in [3.8, 4) is 5.75 Å². The summed E-state index contributed by atoms with van der Waals surface area (Å²) in [5.74, 6) is 1.72. The Bertz CT molecular complexity index is 616. The van der Waals surface area contributed by atoms with Crippen molar-refractivity contribution in [3.05, 3.63) is 24.3 Å². The van der Waals surface area contributed by atoms with E-state index >= 15 is 0 Å². The molecule has 6 heteroatoms. The molecule has 1 aliphatic carbocycles. The quantitative estimate of drug-likeness (QED) is 0.536. The molecule has 3 rings (SSSR count). The first kappa shape index (κ1) is 18.8. The van der Waals surface area contributed by atoms with Crippen LogP contribution >= 0.6 is 0 Å². The van der Waals surface area contributed by atoms with E-state index in [1.54, 1.807) is 7.11 Å². The Morgan fingerprint density at radius 3 is 2.85 bits per heavy atom. The van der Waals surface area contributed by atoms with E-state index in [0.29, 0.717) is 12.6 Å². The van der Waals surface area contributed by atoms with Crippen LogP contribution in [0.4, 0.5) is 5.69 Å². The van der Waals surface area contributed by atoms with Crippen molar-refractivity contribution in [2.75, 3.05) is 38.2 Å². The van der Waals surface area contributed by atoms with Gasteiger partial charge in [-0.1, -0.05) is 12.1 Å². The van der Waals surface area contributed by atoms with Crippen molar-refractivity contribution in [2.45, 2.75) is 50.7 Å². The summed E-state index contributed by atoms with van der Waals surface area (Å²) >= 11 is 0. The molecule has 0 bridgehead atoms. The lowest BCUT2D eigenvalue weighted by Crippen LogP contribution is -2.52. The van der Waals surface area contributed by atoms with Crippen LogP contribution in [0.1, 0.15) is 39.0 Å². The van der Waals surface area contributed by atoms with Crippen molar-refractivity contribution in [2.24, 2.45) is 4.99 Å². The standard InChI is InChI=1S/C20H32N4O2/c1-3-21-19(22-15-20(25)11-7-12-20)23-16-8-6-13-24(14-16)17-9-4-5-10-18(17)26-2/h4-5,9-10,16,25H,3,6-8,11-15H2,1-2H3,(H2,21,22,23). The molecule has 0 radical (unpaired) electrons. The van der Waals surface area contributed by atoms with E-state index in [2.05, 4.69) is 39.6 Å². The summed E-state index contributed by atoms with van der Waals surface area (Å²) in [6.07, 6.45) is 5.06. The first-order valence-corrected chi connectivity index (χ1v) is 9.79. The van der Waals surface area contributed by atoms with Gasteiger partial charge in [-0.05, 0) is 51.2 Å². The van der Waals surface area contributed by atoms with Gasteiger partial charge in [-0.25, -0.2) is 0 Å². The fraction of sp³-hybridized carbons (Fsp3) is 0.650. The highest BCUT2D eigenvalue weighted by atomic mass is 16.5. The van der Waals surface area contributed by atoms with Gasteiger partial charge >= 0.3 is 0 Å². The van der Waals surface area contributed by atoms with E-state index in [0.717, 1.165) is 69.1 Å². The third-order valence-electron chi connectivity index (χ3n) is 5.35. The number of nitrogens with one attached hydrogen (secondary N) is 2. The zero-order chi connectivity index (χ0) is 18.4. The summed E-state index contributed by atoms with van der Waals surface area (Å²) in [7, 11) is 1.72. The summed E-state index contributed by atoms with van der Waals surface area (Å²) in [6.45, 7) is 5.30. The van der Waals surface area contributed by atoms with E-state index in [1.165, 1.54) is 0 Å². The van der Waals surface area contributed by atoms with Gasteiger partial charge in [-0.3, -0.25) is 4.99 Å². The molecule has 0 aromatic heterocycles. The second kappa shape index (κ2) is 8.62. The van der Waals surface area contributed by atoms with Crippen LogP contribution in [-0.4, -0.2) is 56.0 Å². The fourth-order valence-electron chi connectivity index (χ4n) is 3.69. The van der Waals surface area contributed by atoms with Gasteiger partial charge in [-0.2, -0.15) is 0 Å². The molecule has 1 aromatic carbocycles. The molecule has 144 valence electrons. The number of hydrogen-bond acceptors (Lipinski definition) is 4. The van der Waals surface area contributed by atoms with E-state index in [1.807, 2.05) is 12.1 Å². The molecule has 1 aromatic rings. The van der Waals surface area contributed by atoms with Gasteiger partial charge in [0.25, 0.3) is 0 Å². The van der Waals surface area contributed by atoms with E-state index in [9.17, 15) is 5.11 Å². The zero-order valence-electron chi connectivity index (χ0n) is 16.0. The minimum atomic E-state index is -0.585. The molecule has 3 N–H and O–H groups in total. The predicted molar refractivity (Wildman–Crippen MR) is 106 cm³/mol. The van der Waals surface area contributed by atoms with Crippen LogP contribution in [-0.2, 0) is 0 Å². The number of aliphatic hydroxyl groups is 1. The highest BCUT2D eigenvalue weighted by molar-refractivity contribution is 5.80. The molecule has 1 aliphatic heterocycles. The van der Waals surface area contributed by atoms with Crippen molar-refractivity contribution >= 4 is 11.6 Å². The number of ether oxygens (including phenoxy) is 1. The molecular weight excluding hydrogens is 328 g/mol. The molecule has 1 unspecified atom stereocenters. The Labute approximate surface area is 156 Å². The van der Waals surface area contributed by atoms with E-state index in [4.69, 9.17) is 4.74 Å². The predicted octanol–water partition coefficient (Wildman–Crippen LogP) is 2.13. The lowest BCUT2D eigenvalue weighted by atomic mass is 9.80. The number of methoxy groups -OCH3 is 1. The summed E-state index contributed by atoms with van der Waals surface area (Å²) in [6, 6.07) is 8.51. The average Bonchev–Trinajstić information content (AvgIpc) is 2.65. The Morgan fingerprint density at radius 1 is 1.35 bits per heavy atom. The summed E-state index contributed by atoms with van der Waals surface area (Å²) in [4.78, 5) is 7.01. The van der Waals surface area contributed by atoms with Crippen LogP contribution in [0.25, 0.3) is 0 Å². The summed E-state index contributed by atoms with van der Waals surface area (Å²) in [5, 5.41) is 17.2. The molecule has 1 heterocycles. The number of anilines is 1. The monoisotopic (exact) mass is 360 g/mol. The van der Waals surface area contributed by atoms with Crippen LogP contribution in [0.2, 0.25) is 0 Å². The van der Waals surface area contributed by atoms with Gasteiger partial charge < -0.3 is 25.4 Å². The second-order valence-electron chi connectivity index (χ2n) is 7.37. The van der Waals surface area contributed by atoms with Gasteiger partial charge in [0.2, 0.25) is 0 Å². The molecule has 1 saturated carbocycles. The maximum Gasteiger partial charge on any atom is 0.191 e. The Hall–Kier alpha value is -1.95. The molecule has 6 nitrogen and oxygen atoms in total. The van der Waals surface area contributed by atoms with Crippen molar-refractivity contribution in [1.29, 1.82) is 0 Å². The highest BCUT2D eigenvalue weighted by Gasteiger charge is 2.34. The Morgan fingerprint density at radius 2 is 2.15 bits per heavy atom. The number of hydrogen-bond donors (Lipinski definition) is 3. The average molecular weight is 361 g/mol. The fourth-order valence-corrected chi connectivity index (χ4v) is 3.69. The lowest BCUT2D eigenvalue weighted by molar-refractivity contribution is -0.0236. The van der Waals surface area contributed by atoms with Gasteiger partial charge in [-0.15, -0.1) is 0 Å². The third kappa shape index (κ3) is 4.61. The van der Waals surface area contributed by atoms with Crippen molar-refractivity contribution in [1.82, 2.24) is 10.6 Å². The van der Waals surface area contributed by atoms with E-state index < -0.39 is 5.60 Å². The number of rotatable bonds is 6. The summed E-state index contributed by atoms with van der Waals surface area (Å²) in [5.41, 5.74) is 0.561. The maximum atomic E-state index is 10.3. The SMILES string of the molecule is CCNC(=NCC1(O)CCC1)NC1CCCN(c2ccccc2OC)C1. The molecular formula is C20H32N4O2. The molecule has 0 spiro atoms. The number of guanidine groups is 1. The van der Waals surface area contributed by atoms with Crippen LogP contribution < -0.4 is 20.3 Å². The van der Waals surface area contributed by atoms with Crippen LogP contribution in [0, 0.1) is 0 Å². The van der Waals surface area contributed by atoms with Crippen LogP contribution in [0.15, 0.2) is 29.3 Å². The van der Waals surface area contributed by atoms with E-state index in [-0.39, 0.29) is 0 Å². The minimum absolute atomic E-state index is 0.322. The molecule has 2 fully saturated rings. The van der Waals surface area contributed by atoms with Gasteiger partial charge in [0.1, 0.15) is 5.75 Å². The van der Waals surface area contributed by atoms with Crippen LogP contribution in [0.5, 0.6) is 5.75 Å². The molecule has 1 saturated heterocycles. The number of benzene rings is 1. The molecule has 1 atom stereocenters. The molecule has 2 aliphatic rings. The third-order valence-corrected chi connectivity index (χ3v) is 5.35. The van der Waals surface area contributed by atoms with Gasteiger partial charge in [0, 0.05) is 25.7 Å². The van der Waals surface area contributed by atoms with Crippen molar-refractivity contribution in [3.63, 3.8) is 0 Å². The lowest BCUT2D eigenvalue weighted by Gasteiger charge is -2.37. The topological polar surface area (TPSA) is 69.1 Å².